The molecule has 1 aliphatic carbocycles. The molecule has 0 radical (unpaired) electrons. The summed E-state index contributed by atoms with van der Waals surface area (Å²) in [5, 5.41) is 0. The lowest BCUT2D eigenvalue weighted by Gasteiger charge is -2.34. The van der Waals surface area contributed by atoms with Crippen LogP contribution >= 0.6 is 11.3 Å². The standard InChI is InChI=1S/C17H25NO6S2/c1-9-7-6-8-12(10(9)2)18-26(21,22)17-13(15(19)23-4)11(3)14(25-17)16(20)24-5/h9-10,12,18H,6-8H2,1-5H3/t9-,10+,12+/m1/s1. The number of sulfonamides is 1. The van der Waals surface area contributed by atoms with Crippen LogP contribution in [0.5, 0.6) is 0 Å². The number of hydrogen-bond acceptors (Lipinski definition) is 7. The number of hydrogen-bond donors (Lipinski definition) is 1. The molecule has 1 heterocycles. The lowest BCUT2D eigenvalue weighted by Crippen LogP contribution is -2.43. The molecule has 146 valence electrons. The normalized spacial score (nSPS) is 23.5. The number of carbonyl (C=O) groups is 2. The summed E-state index contributed by atoms with van der Waals surface area (Å²) in [6.45, 7) is 5.65. The van der Waals surface area contributed by atoms with Crippen molar-refractivity contribution in [2.24, 2.45) is 11.8 Å². The van der Waals surface area contributed by atoms with E-state index >= 15 is 0 Å². The number of esters is 2. The lowest BCUT2D eigenvalue weighted by atomic mass is 9.78. The van der Waals surface area contributed by atoms with Crippen molar-refractivity contribution in [3.63, 3.8) is 0 Å². The number of methoxy groups -OCH3 is 2. The first kappa shape index (κ1) is 20.9. The Morgan fingerprint density at radius 3 is 2.31 bits per heavy atom. The Bertz CT molecular complexity index is 798. The third-order valence-electron chi connectivity index (χ3n) is 5.13. The summed E-state index contributed by atoms with van der Waals surface area (Å²) in [7, 11) is -1.61. The molecule has 2 rings (SSSR count). The van der Waals surface area contributed by atoms with Crippen molar-refractivity contribution in [3.8, 4) is 0 Å². The zero-order chi connectivity index (χ0) is 19.6. The average Bonchev–Trinajstić information content (AvgIpc) is 2.95. The fourth-order valence-electron chi connectivity index (χ4n) is 3.30. The van der Waals surface area contributed by atoms with Crippen LogP contribution in [-0.4, -0.2) is 40.6 Å². The van der Waals surface area contributed by atoms with E-state index in [2.05, 4.69) is 11.6 Å². The van der Waals surface area contributed by atoms with Crippen molar-refractivity contribution in [2.75, 3.05) is 14.2 Å². The maximum atomic E-state index is 13.0. The first-order chi connectivity index (χ1) is 12.1. The summed E-state index contributed by atoms with van der Waals surface area (Å²) in [4.78, 5) is 24.2. The minimum Gasteiger partial charge on any atom is -0.465 e. The Morgan fingerprint density at radius 2 is 1.73 bits per heavy atom. The van der Waals surface area contributed by atoms with E-state index in [0.717, 1.165) is 30.6 Å². The molecule has 1 saturated carbocycles. The van der Waals surface area contributed by atoms with Crippen molar-refractivity contribution < 1.29 is 27.5 Å². The predicted octanol–water partition coefficient (Wildman–Crippen LogP) is 2.73. The van der Waals surface area contributed by atoms with Crippen LogP contribution in [0.2, 0.25) is 0 Å². The van der Waals surface area contributed by atoms with Gasteiger partial charge in [0.2, 0.25) is 0 Å². The highest BCUT2D eigenvalue weighted by Gasteiger charge is 2.36. The van der Waals surface area contributed by atoms with Gasteiger partial charge in [0.05, 0.1) is 19.8 Å². The first-order valence-corrected chi connectivity index (χ1v) is 10.8. The van der Waals surface area contributed by atoms with Crippen LogP contribution < -0.4 is 4.72 Å². The Morgan fingerprint density at radius 1 is 1.12 bits per heavy atom. The van der Waals surface area contributed by atoms with E-state index in [4.69, 9.17) is 9.47 Å². The van der Waals surface area contributed by atoms with E-state index in [1.54, 1.807) is 0 Å². The van der Waals surface area contributed by atoms with Gasteiger partial charge in [0.1, 0.15) is 4.88 Å². The van der Waals surface area contributed by atoms with Crippen LogP contribution in [0.1, 0.15) is 58.7 Å². The Balaban J connectivity index is 2.47. The van der Waals surface area contributed by atoms with Gasteiger partial charge in [-0.15, -0.1) is 11.3 Å². The molecule has 1 fully saturated rings. The van der Waals surface area contributed by atoms with Crippen LogP contribution in [0.4, 0.5) is 0 Å². The van der Waals surface area contributed by atoms with Gasteiger partial charge in [0.25, 0.3) is 10.0 Å². The van der Waals surface area contributed by atoms with Crippen LogP contribution in [0.3, 0.4) is 0 Å². The fraction of sp³-hybridized carbons (Fsp3) is 0.647. The second-order valence-electron chi connectivity index (χ2n) is 6.70. The van der Waals surface area contributed by atoms with Crippen molar-refractivity contribution >= 4 is 33.3 Å². The number of carbonyl (C=O) groups excluding carboxylic acids is 2. The quantitative estimate of drug-likeness (QED) is 0.759. The van der Waals surface area contributed by atoms with Crippen LogP contribution in [0.15, 0.2) is 4.21 Å². The fourth-order valence-corrected chi connectivity index (χ4v) is 6.43. The third kappa shape index (κ3) is 3.94. The van der Waals surface area contributed by atoms with Gasteiger partial charge in [0.15, 0.2) is 4.21 Å². The second kappa shape index (κ2) is 8.06. The minimum absolute atomic E-state index is 0.0818. The van der Waals surface area contributed by atoms with Crippen LogP contribution in [-0.2, 0) is 19.5 Å². The average molecular weight is 404 g/mol. The van der Waals surface area contributed by atoms with Gasteiger partial charge in [-0.1, -0.05) is 26.7 Å². The summed E-state index contributed by atoms with van der Waals surface area (Å²) in [6, 6.07) is -0.210. The van der Waals surface area contributed by atoms with Gasteiger partial charge in [-0.05, 0) is 30.7 Å². The summed E-state index contributed by atoms with van der Waals surface area (Å²) < 4.78 is 38.0. The number of rotatable bonds is 5. The van der Waals surface area contributed by atoms with Crippen molar-refractivity contribution in [1.82, 2.24) is 4.72 Å². The molecule has 0 unspecified atom stereocenters. The molecule has 7 nitrogen and oxygen atoms in total. The van der Waals surface area contributed by atoms with E-state index in [0.29, 0.717) is 5.92 Å². The number of thiophene rings is 1. The molecule has 0 saturated heterocycles. The van der Waals surface area contributed by atoms with E-state index < -0.39 is 22.0 Å². The van der Waals surface area contributed by atoms with Crippen molar-refractivity contribution in [1.29, 1.82) is 0 Å². The highest BCUT2D eigenvalue weighted by Crippen LogP contribution is 2.35. The molecule has 1 N–H and O–H groups in total. The molecule has 0 bridgehead atoms. The van der Waals surface area contributed by atoms with Gasteiger partial charge < -0.3 is 9.47 Å². The van der Waals surface area contributed by atoms with Gasteiger partial charge in [-0.25, -0.2) is 22.7 Å². The Kier molecular flexibility index (Phi) is 6.46. The molecule has 0 spiro atoms. The second-order valence-corrected chi connectivity index (χ2v) is 9.63. The first-order valence-electron chi connectivity index (χ1n) is 8.46. The van der Waals surface area contributed by atoms with Crippen LogP contribution in [0.25, 0.3) is 0 Å². The molecule has 0 aromatic carbocycles. The summed E-state index contributed by atoms with van der Waals surface area (Å²) in [5.41, 5.74) is 0.140. The molecule has 9 heteroatoms. The topological polar surface area (TPSA) is 98.8 Å². The van der Waals surface area contributed by atoms with Gasteiger partial charge in [-0.2, -0.15) is 0 Å². The van der Waals surface area contributed by atoms with Gasteiger partial charge in [-0.3, -0.25) is 0 Å². The summed E-state index contributed by atoms with van der Waals surface area (Å²) in [5.74, 6) is -0.883. The van der Waals surface area contributed by atoms with E-state index in [9.17, 15) is 18.0 Å². The van der Waals surface area contributed by atoms with E-state index in [1.807, 2.05) is 6.92 Å². The smallest absolute Gasteiger partial charge is 0.348 e. The lowest BCUT2D eigenvalue weighted by molar-refractivity contribution is 0.0596. The highest BCUT2D eigenvalue weighted by atomic mass is 32.2. The summed E-state index contributed by atoms with van der Waals surface area (Å²) >= 11 is 0.734. The molecule has 1 aromatic rings. The highest BCUT2D eigenvalue weighted by molar-refractivity contribution is 7.91. The maximum Gasteiger partial charge on any atom is 0.348 e. The van der Waals surface area contributed by atoms with Gasteiger partial charge >= 0.3 is 11.9 Å². The molecule has 0 amide bonds. The Labute approximate surface area is 158 Å². The number of nitrogens with one attached hydrogen (secondary N) is 1. The third-order valence-corrected chi connectivity index (χ3v) is 8.41. The molecule has 1 aromatic heterocycles. The molecule has 1 aliphatic rings. The molecular formula is C17H25NO6S2. The molecule has 26 heavy (non-hydrogen) atoms. The SMILES string of the molecule is COC(=O)c1sc(S(=O)(=O)N[C@H]2CCC[C@@H](C)[C@@H]2C)c(C(=O)OC)c1C. The van der Waals surface area contributed by atoms with Crippen molar-refractivity contribution in [3.05, 3.63) is 16.0 Å². The van der Waals surface area contributed by atoms with Crippen molar-refractivity contribution in [2.45, 2.75) is 50.3 Å². The largest absolute Gasteiger partial charge is 0.465 e. The van der Waals surface area contributed by atoms with Gasteiger partial charge in [0, 0.05) is 6.04 Å². The maximum absolute atomic E-state index is 13.0. The predicted molar refractivity (Wildman–Crippen MR) is 98.0 cm³/mol. The summed E-state index contributed by atoms with van der Waals surface area (Å²) in [6.07, 6.45) is 2.75. The molecule has 0 aliphatic heterocycles. The molecular weight excluding hydrogens is 378 g/mol. The zero-order valence-electron chi connectivity index (χ0n) is 15.6. The van der Waals surface area contributed by atoms with Crippen LogP contribution in [0, 0.1) is 18.8 Å². The van der Waals surface area contributed by atoms with E-state index in [-0.39, 0.29) is 32.2 Å². The minimum atomic E-state index is -3.99. The number of ether oxygens (including phenoxy) is 2. The zero-order valence-corrected chi connectivity index (χ0v) is 17.3. The monoisotopic (exact) mass is 403 g/mol. The Hall–Kier alpha value is -1.45. The van der Waals surface area contributed by atoms with E-state index in [1.165, 1.54) is 21.1 Å². The molecule has 3 atom stereocenters.